The van der Waals surface area contributed by atoms with E-state index in [0.717, 1.165) is 27.2 Å². The molecule has 3 atom stereocenters. The number of nitrogens with two attached hydrogens (primary N) is 1. The third kappa shape index (κ3) is 7.84. The van der Waals surface area contributed by atoms with E-state index in [1.54, 1.807) is 20.8 Å². The van der Waals surface area contributed by atoms with Gasteiger partial charge >= 0.3 is 12.1 Å². The molecule has 11 heteroatoms. The summed E-state index contributed by atoms with van der Waals surface area (Å²) < 4.78 is 10.8. The molecule has 1 aliphatic carbocycles. The van der Waals surface area contributed by atoms with Gasteiger partial charge in [-0.15, -0.1) is 0 Å². The number of amides is 4. The van der Waals surface area contributed by atoms with Crippen LogP contribution in [0.25, 0.3) is 11.1 Å². The van der Waals surface area contributed by atoms with Crippen LogP contribution in [0.2, 0.25) is 0 Å². The van der Waals surface area contributed by atoms with Gasteiger partial charge in [0, 0.05) is 13.0 Å². The van der Waals surface area contributed by atoms with E-state index in [9.17, 15) is 24.0 Å². The lowest BCUT2D eigenvalue weighted by Crippen LogP contribution is -2.55. The maximum absolute atomic E-state index is 13.0. The summed E-state index contributed by atoms with van der Waals surface area (Å²) in [6.45, 7) is 7.95. The van der Waals surface area contributed by atoms with Crippen LogP contribution in [0, 0.1) is 0 Å². The standard InChI is InChI=1S/C30H38N4O7/c1-17(27(37)34(6)18(2)26(36)33-24(15-25(31)35)28(38)41-30(3,4)5)32-29(39)40-16-23-21-13-9-7-11-19(21)20-12-8-10-14-22(20)23/h7-14,17-18,23-24H,15-16H2,1-6H3,(H2,31,35)(H,32,39)(H,33,36)/t17-,18-,24-/m0/s1. The van der Waals surface area contributed by atoms with E-state index < -0.39 is 59.9 Å². The number of rotatable bonds is 10. The molecule has 0 radical (unpaired) electrons. The van der Waals surface area contributed by atoms with E-state index in [-0.39, 0.29) is 12.5 Å². The minimum Gasteiger partial charge on any atom is -0.458 e. The molecule has 1 aliphatic rings. The Kier molecular flexibility index (Phi) is 9.75. The summed E-state index contributed by atoms with van der Waals surface area (Å²) in [6, 6.07) is 12.5. The molecular weight excluding hydrogens is 528 g/mol. The number of alkyl carbamates (subject to hydrolysis) is 1. The van der Waals surface area contributed by atoms with E-state index in [1.807, 2.05) is 48.5 Å². The molecule has 11 nitrogen and oxygen atoms in total. The second kappa shape index (κ2) is 12.8. The Morgan fingerprint density at radius 2 is 1.46 bits per heavy atom. The van der Waals surface area contributed by atoms with Crippen molar-refractivity contribution in [3.05, 3.63) is 59.7 Å². The monoisotopic (exact) mass is 566 g/mol. The van der Waals surface area contributed by atoms with Gasteiger partial charge < -0.3 is 30.7 Å². The van der Waals surface area contributed by atoms with Crippen LogP contribution in [0.15, 0.2) is 48.5 Å². The van der Waals surface area contributed by atoms with Crippen LogP contribution >= 0.6 is 0 Å². The average Bonchev–Trinajstić information content (AvgIpc) is 3.22. The second-order valence-corrected chi connectivity index (χ2v) is 11.1. The van der Waals surface area contributed by atoms with Crippen LogP contribution in [0.4, 0.5) is 4.79 Å². The van der Waals surface area contributed by atoms with Gasteiger partial charge in [0.1, 0.15) is 30.3 Å². The summed E-state index contributed by atoms with van der Waals surface area (Å²) in [5.74, 6) is -3.03. The highest BCUT2D eigenvalue weighted by Gasteiger charge is 2.33. The van der Waals surface area contributed by atoms with E-state index in [4.69, 9.17) is 15.2 Å². The van der Waals surface area contributed by atoms with Gasteiger partial charge in [-0.1, -0.05) is 48.5 Å². The fourth-order valence-corrected chi connectivity index (χ4v) is 4.61. The molecule has 0 spiro atoms. The summed E-state index contributed by atoms with van der Waals surface area (Å²) in [6.07, 6.45) is -1.24. The molecule has 0 saturated carbocycles. The number of likely N-dealkylation sites (N-methyl/N-ethyl adjacent to an activating group) is 1. The number of benzene rings is 2. The topological polar surface area (TPSA) is 157 Å². The highest BCUT2D eigenvalue weighted by molar-refractivity contribution is 5.94. The van der Waals surface area contributed by atoms with Gasteiger partial charge in [0.2, 0.25) is 17.7 Å². The number of hydrogen-bond donors (Lipinski definition) is 3. The quantitative estimate of drug-likeness (QED) is 0.373. The summed E-state index contributed by atoms with van der Waals surface area (Å²) in [5, 5.41) is 4.95. The molecule has 0 unspecified atom stereocenters. The Morgan fingerprint density at radius 1 is 0.927 bits per heavy atom. The highest BCUT2D eigenvalue weighted by Crippen LogP contribution is 2.44. The van der Waals surface area contributed by atoms with Crippen LogP contribution in [0.5, 0.6) is 0 Å². The van der Waals surface area contributed by atoms with E-state index >= 15 is 0 Å². The number of esters is 1. The molecule has 0 aliphatic heterocycles. The van der Waals surface area contributed by atoms with Gasteiger partial charge in [-0.05, 0) is 56.9 Å². The first kappa shape index (κ1) is 31.1. The highest BCUT2D eigenvalue weighted by atomic mass is 16.6. The van der Waals surface area contributed by atoms with Crippen molar-refractivity contribution in [2.75, 3.05) is 13.7 Å². The first-order valence-corrected chi connectivity index (χ1v) is 13.4. The molecule has 4 N–H and O–H groups in total. The van der Waals surface area contributed by atoms with Gasteiger partial charge in [-0.2, -0.15) is 0 Å². The molecule has 220 valence electrons. The van der Waals surface area contributed by atoms with Crippen molar-refractivity contribution in [3.8, 4) is 11.1 Å². The lowest BCUT2D eigenvalue weighted by Gasteiger charge is -2.29. The lowest BCUT2D eigenvalue weighted by molar-refractivity contribution is -0.160. The molecule has 0 aromatic heterocycles. The number of ether oxygens (including phenoxy) is 2. The van der Waals surface area contributed by atoms with Gasteiger partial charge in [-0.3, -0.25) is 14.4 Å². The number of primary amides is 1. The van der Waals surface area contributed by atoms with Crippen molar-refractivity contribution < 1.29 is 33.4 Å². The number of carbonyl (C=O) groups is 5. The Balaban J connectivity index is 1.57. The first-order valence-electron chi connectivity index (χ1n) is 13.4. The van der Waals surface area contributed by atoms with Crippen molar-refractivity contribution >= 4 is 29.8 Å². The van der Waals surface area contributed by atoms with Crippen LogP contribution in [-0.2, 0) is 28.7 Å². The normalized spacial score (nSPS) is 14.5. The van der Waals surface area contributed by atoms with Gasteiger partial charge in [0.15, 0.2) is 0 Å². The SMILES string of the molecule is C[C@H](NC(=O)OCC1c2ccccc2-c2ccccc21)C(=O)N(C)[C@@H](C)C(=O)N[C@@H](CC(N)=O)C(=O)OC(C)(C)C. The second-order valence-electron chi connectivity index (χ2n) is 11.1. The van der Waals surface area contributed by atoms with Gasteiger partial charge in [-0.25, -0.2) is 9.59 Å². The Bertz CT molecular complexity index is 1270. The fraction of sp³-hybridized carbons (Fsp3) is 0.433. The van der Waals surface area contributed by atoms with Crippen molar-refractivity contribution in [2.45, 2.75) is 70.7 Å². The molecule has 2 aromatic rings. The van der Waals surface area contributed by atoms with Crippen molar-refractivity contribution in [1.82, 2.24) is 15.5 Å². The number of hydrogen-bond acceptors (Lipinski definition) is 7. The summed E-state index contributed by atoms with van der Waals surface area (Å²) in [4.78, 5) is 63.6. The third-order valence-corrected chi connectivity index (χ3v) is 6.77. The zero-order valence-electron chi connectivity index (χ0n) is 24.2. The predicted molar refractivity (Wildman–Crippen MR) is 151 cm³/mol. The third-order valence-electron chi connectivity index (χ3n) is 6.77. The molecule has 2 aromatic carbocycles. The van der Waals surface area contributed by atoms with Crippen molar-refractivity contribution in [2.24, 2.45) is 5.73 Å². The molecule has 3 rings (SSSR count). The van der Waals surface area contributed by atoms with Crippen LogP contribution in [0.1, 0.15) is 58.1 Å². The van der Waals surface area contributed by atoms with Crippen molar-refractivity contribution in [3.63, 3.8) is 0 Å². The zero-order chi connectivity index (χ0) is 30.5. The van der Waals surface area contributed by atoms with Gasteiger partial charge in [0.25, 0.3) is 0 Å². The predicted octanol–water partition coefficient (Wildman–Crippen LogP) is 2.46. The maximum atomic E-state index is 13.0. The van der Waals surface area contributed by atoms with Crippen LogP contribution in [0.3, 0.4) is 0 Å². The molecule has 0 bridgehead atoms. The maximum Gasteiger partial charge on any atom is 0.407 e. The van der Waals surface area contributed by atoms with Gasteiger partial charge in [0.05, 0.1) is 6.42 Å². The molecule has 0 saturated heterocycles. The van der Waals surface area contributed by atoms with E-state index in [0.29, 0.717) is 0 Å². The Morgan fingerprint density at radius 3 is 1.98 bits per heavy atom. The van der Waals surface area contributed by atoms with Crippen LogP contribution < -0.4 is 16.4 Å². The van der Waals surface area contributed by atoms with Crippen LogP contribution in [-0.4, -0.2) is 72.1 Å². The number of fused-ring (bicyclic) bond motifs is 3. The number of nitrogens with one attached hydrogen (secondary N) is 2. The minimum absolute atomic E-state index is 0.0847. The molecular formula is C30H38N4O7. The molecule has 0 fully saturated rings. The molecule has 4 amide bonds. The molecule has 0 heterocycles. The molecule has 41 heavy (non-hydrogen) atoms. The summed E-state index contributed by atoms with van der Waals surface area (Å²) >= 11 is 0. The Hall–Kier alpha value is -4.41. The van der Waals surface area contributed by atoms with Crippen molar-refractivity contribution in [1.29, 1.82) is 0 Å². The van der Waals surface area contributed by atoms with E-state index in [1.165, 1.54) is 20.9 Å². The van der Waals surface area contributed by atoms with E-state index in [2.05, 4.69) is 10.6 Å². The largest absolute Gasteiger partial charge is 0.458 e. The average molecular weight is 567 g/mol. The number of carbonyl (C=O) groups excluding carboxylic acids is 5. The lowest BCUT2D eigenvalue weighted by atomic mass is 9.98. The zero-order valence-corrected chi connectivity index (χ0v) is 24.2. The summed E-state index contributed by atoms with van der Waals surface area (Å²) in [7, 11) is 1.39. The smallest absolute Gasteiger partial charge is 0.407 e. The minimum atomic E-state index is -1.32. The Labute approximate surface area is 239 Å². The number of nitrogens with zero attached hydrogens (tertiary/aromatic N) is 1. The fourth-order valence-electron chi connectivity index (χ4n) is 4.61. The summed E-state index contributed by atoms with van der Waals surface area (Å²) in [5.41, 5.74) is 8.70. The first-order chi connectivity index (χ1) is 19.2.